The van der Waals surface area contributed by atoms with E-state index in [1.807, 2.05) is 6.21 Å². The summed E-state index contributed by atoms with van der Waals surface area (Å²) in [5, 5.41) is 41.8. The van der Waals surface area contributed by atoms with Crippen LogP contribution >= 0.6 is 0 Å². The van der Waals surface area contributed by atoms with Crippen LogP contribution in [0.3, 0.4) is 0 Å². The second-order valence-electron chi connectivity index (χ2n) is 9.23. The second-order valence-corrected chi connectivity index (χ2v) is 9.23. The van der Waals surface area contributed by atoms with E-state index in [1.54, 1.807) is 0 Å². The van der Waals surface area contributed by atoms with Crippen molar-refractivity contribution in [3.8, 4) is 0 Å². The lowest BCUT2D eigenvalue weighted by Gasteiger charge is -2.41. The average molecular weight is 429 g/mol. The molecule has 1 fully saturated rings. The minimum absolute atomic E-state index is 0.0916. The van der Waals surface area contributed by atoms with E-state index < -0.39 is 12.1 Å². The van der Waals surface area contributed by atoms with E-state index in [0.29, 0.717) is 24.9 Å². The van der Waals surface area contributed by atoms with E-state index in [2.05, 4.69) is 17.2 Å². The number of piperidine rings is 1. The highest BCUT2D eigenvalue weighted by atomic mass is 16.4. The van der Waals surface area contributed by atoms with Crippen molar-refractivity contribution in [3.63, 3.8) is 0 Å². The van der Waals surface area contributed by atoms with Gasteiger partial charge in [-0.05, 0) is 38.5 Å². The van der Waals surface area contributed by atoms with Gasteiger partial charge in [-0.25, -0.2) is 4.99 Å². The largest absolute Gasteiger partial charge is 0.481 e. The molecule has 174 valence electrons. The zero-order chi connectivity index (χ0) is 21.9. The van der Waals surface area contributed by atoms with E-state index in [4.69, 9.17) is 5.11 Å². The number of nitrogens with one attached hydrogen (secondary N) is 2. The Bertz CT molecular complexity index is 525. The first-order chi connectivity index (χ1) is 14.4. The summed E-state index contributed by atoms with van der Waals surface area (Å²) in [6, 6.07) is 0.965. The predicted molar refractivity (Wildman–Crippen MR) is 116 cm³/mol. The number of aliphatic carboxylic acids is 1. The zero-order valence-electron chi connectivity index (χ0n) is 18.4. The van der Waals surface area contributed by atoms with Crippen molar-refractivity contribution in [3.05, 3.63) is 0 Å². The third-order valence-electron chi connectivity index (χ3n) is 6.79. The maximum Gasteiger partial charge on any atom is 0.305 e. The van der Waals surface area contributed by atoms with E-state index in [1.165, 1.54) is 4.90 Å². The first kappa shape index (κ1) is 25.2. The summed E-state index contributed by atoms with van der Waals surface area (Å²) in [5.74, 6) is -0.848. The third kappa shape index (κ3) is 8.59. The van der Waals surface area contributed by atoms with Crippen LogP contribution in [-0.4, -0.2) is 82.8 Å². The maximum absolute atomic E-state index is 10.6. The van der Waals surface area contributed by atoms with E-state index in [-0.39, 0.29) is 31.1 Å². The number of quaternary nitrogens is 1. The number of carboxylic acid groups (broad SMARTS) is 1. The van der Waals surface area contributed by atoms with Gasteiger partial charge in [0.1, 0.15) is 12.6 Å². The van der Waals surface area contributed by atoms with Gasteiger partial charge in [0, 0.05) is 19.1 Å². The van der Waals surface area contributed by atoms with Gasteiger partial charge in [0.05, 0.1) is 30.9 Å². The van der Waals surface area contributed by atoms with Gasteiger partial charge in [-0.15, -0.1) is 0 Å². The molecule has 0 amide bonds. The number of aliphatic hydroxyl groups is 3. The molecule has 0 spiro atoms. The van der Waals surface area contributed by atoms with Crippen LogP contribution < -0.4 is 10.2 Å². The van der Waals surface area contributed by atoms with Crippen LogP contribution in [0.1, 0.15) is 71.1 Å². The van der Waals surface area contributed by atoms with Gasteiger partial charge in [0.15, 0.2) is 6.67 Å². The van der Waals surface area contributed by atoms with Crippen molar-refractivity contribution in [2.45, 2.75) is 101 Å². The first-order valence-electron chi connectivity index (χ1n) is 11.7. The molecule has 30 heavy (non-hydrogen) atoms. The molecule has 2 heterocycles. The monoisotopic (exact) mass is 428 g/mol. The second kappa shape index (κ2) is 13.4. The van der Waals surface area contributed by atoms with Crippen LogP contribution in [0.2, 0.25) is 0 Å². The van der Waals surface area contributed by atoms with Crippen LogP contribution in [0.4, 0.5) is 0 Å². The molecule has 0 bridgehead atoms. The lowest BCUT2D eigenvalue weighted by atomic mass is 9.87. The van der Waals surface area contributed by atoms with E-state index in [0.717, 1.165) is 58.2 Å². The van der Waals surface area contributed by atoms with Crippen molar-refractivity contribution in [2.24, 2.45) is 10.9 Å². The number of nitrogens with zero attached hydrogens (tertiary/aromatic N) is 1. The number of unbranched alkanes of at least 4 members (excludes halogenated alkanes) is 3. The first-order valence-corrected chi connectivity index (χ1v) is 11.7. The van der Waals surface area contributed by atoms with Gasteiger partial charge < -0.3 is 30.6 Å². The van der Waals surface area contributed by atoms with Crippen LogP contribution in [0.25, 0.3) is 0 Å². The zero-order valence-corrected chi connectivity index (χ0v) is 18.4. The standard InChI is InChI=1S/C22H41N3O5/c1-16-21(28)13-20(25-11-10-23-15-25)19(24-16)7-5-3-2-4-6-17(14-26)8-9-18(27)12-22(29)30/h10,16-21,24,26-28H,2-9,11-15H2,1H3,(H,29,30)/p+1. The number of carbonyl (C=O) groups is 1. The quantitative estimate of drug-likeness (QED) is 0.216. The Kier molecular flexibility index (Phi) is 11.2. The summed E-state index contributed by atoms with van der Waals surface area (Å²) in [4.78, 5) is 16.4. The van der Waals surface area contributed by atoms with Crippen molar-refractivity contribution in [1.82, 2.24) is 5.32 Å². The lowest BCUT2D eigenvalue weighted by Crippen LogP contribution is -3.16. The average Bonchev–Trinajstić information content (AvgIpc) is 3.23. The molecule has 1 saturated heterocycles. The fraction of sp³-hybridized carbons (Fsp3) is 0.909. The Labute approximate surface area is 180 Å². The molecular formula is C22H42N3O5+. The van der Waals surface area contributed by atoms with Crippen molar-refractivity contribution in [2.75, 3.05) is 19.8 Å². The Morgan fingerprint density at radius 2 is 2.00 bits per heavy atom. The minimum Gasteiger partial charge on any atom is -0.481 e. The normalized spacial score (nSPS) is 31.0. The Morgan fingerprint density at radius 3 is 2.67 bits per heavy atom. The Morgan fingerprint density at radius 1 is 1.23 bits per heavy atom. The molecule has 7 atom stereocenters. The Hall–Kier alpha value is -1.06. The van der Waals surface area contributed by atoms with Crippen LogP contribution in [0.5, 0.6) is 0 Å². The van der Waals surface area contributed by atoms with Gasteiger partial charge >= 0.3 is 5.97 Å². The number of carboxylic acids is 1. The molecule has 0 radical (unpaired) electrons. The molecule has 2 rings (SSSR count). The summed E-state index contributed by atoms with van der Waals surface area (Å²) in [7, 11) is 0. The van der Waals surface area contributed by atoms with E-state index >= 15 is 0 Å². The Balaban J connectivity index is 1.61. The molecule has 2 aliphatic heterocycles. The number of hydrogen-bond acceptors (Lipinski definition) is 6. The fourth-order valence-electron chi connectivity index (χ4n) is 4.84. The molecule has 2 aliphatic rings. The molecule has 0 saturated carbocycles. The van der Waals surface area contributed by atoms with Crippen molar-refractivity contribution in [1.29, 1.82) is 0 Å². The van der Waals surface area contributed by atoms with E-state index in [9.17, 15) is 20.1 Å². The molecule has 7 unspecified atom stereocenters. The predicted octanol–water partition coefficient (Wildman–Crippen LogP) is -0.0420. The number of aliphatic hydroxyl groups excluding tert-OH is 3. The SMILES string of the molecule is CC1NC(CCCCCCC(CO)CCC(O)CC(=O)O)C([NH+]2CC=NC2)CC1O. The highest BCUT2D eigenvalue weighted by Crippen LogP contribution is 2.20. The molecular weight excluding hydrogens is 386 g/mol. The third-order valence-corrected chi connectivity index (χ3v) is 6.79. The minimum atomic E-state index is -0.986. The number of aliphatic imine (C=N–C) groups is 1. The molecule has 0 aromatic carbocycles. The number of rotatable bonds is 14. The summed E-state index contributed by atoms with van der Waals surface area (Å²) in [5.41, 5.74) is 0. The van der Waals surface area contributed by atoms with Gasteiger partial charge in [0.25, 0.3) is 0 Å². The topological polar surface area (TPSA) is 127 Å². The molecule has 0 aromatic heterocycles. The van der Waals surface area contributed by atoms with Crippen molar-refractivity contribution >= 4 is 12.2 Å². The summed E-state index contributed by atoms with van der Waals surface area (Å²) in [6.07, 6.45) is 9.06. The van der Waals surface area contributed by atoms with Gasteiger partial charge in [-0.3, -0.25) is 4.79 Å². The molecule has 0 aromatic rings. The smallest absolute Gasteiger partial charge is 0.305 e. The summed E-state index contributed by atoms with van der Waals surface area (Å²) in [6.45, 7) is 3.92. The fourth-order valence-corrected chi connectivity index (χ4v) is 4.84. The van der Waals surface area contributed by atoms with Gasteiger partial charge in [0.2, 0.25) is 0 Å². The van der Waals surface area contributed by atoms with Crippen LogP contribution in [0, 0.1) is 5.92 Å². The summed E-state index contributed by atoms with van der Waals surface area (Å²) < 4.78 is 0. The number of hydrogen-bond donors (Lipinski definition) is 6. The van der Waals surface area contributed by atoms with Gasteiger partial charge in [-0.1, -0.05) is 25.7 Å². The molecule has 8 heteroatoms. The molecule has 0 aliphatic carbocycles. The molecule has 8 nitrogen and oxygen atoms in total. The highest BCUT2D eigenvalue weighted by molar-refractivity contribution is 5.67. The van der Waals surface area contributed by atoms with Gasteiger partial charge in [-0.2, -0.15) is 0 Å². The highest BCUT2D eigenvalue weighted by Gasteiger charge is 2.39. The van der Waals surface area contributed by atoms with Crippen molar-refractivity contribution < 1.29 is 30.1 Å². The summed E-state index contributed by atoms with van der Waals surface area (Å²) >= 11 is 0. The van der Waals surface area contributed by atoms with Crippen LogP contribution in [-0.2, 0) is 4.79 Å². The maximum atomic E-state index is 10.6. The van der Waals surface area contributed by atoms with Crippen LogP contribution in [0.15, 0.2) is 4.99 Å². The lowest BCUT2D eigenvalue weighted by molar-refractivity contribution is -0.914. The molecule has 6 N–H and O–H groups in total.